The molecule has 3 heterocycles. The molecule has 9 heteroatoms. The Balaban J connectivity index is 1.83. The average Bonchev–Trinajstić information content (AvgIpc) is 2.97. The van der Waals surface area contributed by atoms with E-state index in [0.717, 1.165) is 32.4 Å². The highest BCUT2D eigenvalue weighted by atomic mass is 79.9. The maximum atomic E-state index is 12.4. The Morgan fingerprint density at radius 3 is 2.84 bits per heavy atom. The highest BCUT2D eigenvalue weighted by Gasteiger charge is 2.40. The number of halogens is 1. The lowest BCUT2D eigenvalue weighted by molar-refractivity contribution is 0.308. The SMILES string of the molecule is Cn1nnc(Br)c1S(=O)(=O)NC1CCN2CCCC12. The molecule has 3 rings (SSSR count). The molecule has 106 valence electrons. The minimum atomic E-state index is -3.59. The van der Waals surface area contributed by atoms with Crippen molar-refractivity contribution in [2.75, 3.05) is 13.1 Å². The standard InChI is InChI=1S/C10H16BrN5O2S/c1-15-10(9(11)12-14-15)19(17,18)13-7-4-6-16-5-2-3-8(7)16/h7-8,13H,2-6H2,1H3. The molecule has 0 radical (unpaired) electrons. The first-order chi connectivity index (χ1) is 8.99. The van der Waals surface area contributed by atoms with Gasteiger partial charge in [-0.2, -0.15) is 0 Å². The third-order valence-electron chi connectivity index (χ3n) is 3.90. The van der Waals surface area contributed by atoms with Crippen LogP contribution in [0.15, 0.2) is 9.63 Å². The number of fused-ring (bicyclic) bond motifs is 1. The molecule has 2 atom stereocenters. The summed E-state index contributed by atoms with van der Waals surface area (Å²) < 4.78 is 29.2. The van der Waals surface area contributed by atoms with Gasteiger partial charge in [-0.3, -0.25) is 4.90 Å². The Bertz CT molecular complexity index is 567. The van der Waals surface area contributed by atoms with Gasteiger partial charge in [-0.25, -0.2) is 17.8 Å². The summed E-state index contributed by atoms with van der Waals surface area (Å²) in [6, 6.07) is 0.337. The molecule has 2 aliphatic heterocycles. The first kappa shape index (κ1) is 13.5. The predicted octanol–water partition coefficient (Wildman–Crippen LogP) is 0.0926. The molecular weight excluding hydrogens is 334 g/mol. The zero-order chi connectivity index (χ0) is 13.6. The molecule has 0 spiro atoms. The summed E-state index contributed by atoms with van der Waals surface area (Å²) in [7, 11) is -2.01. The van der Waals surface area contributed by atoms with Crippen molar-refractivity contribution in [3.63, 3.8) is 0 Å². The summed E-state index contributed by atoms with van der Waals surface area (Å²) in [5.74, 6) is 0. The van der Waals surface area contributed by atoms with E-state index in [1.54, 1.807) is 7.05 Å². The maximum absolute atomic E-state index is 12.4. The summed E-state index contributed by atoms with van der Waals surface area (Å²) in [5, 5.41) is 7.52. The van der Waals surface area contributed by atoms with Gasteiger partial charge in [-0.05, 0) is 41.7 Å². The molecule has 0 saturated carbocycles. The number of rotatable bonds is 3. The van der Waals surface area contributed by atoms with E-state index in [-0.39, 0.29) is 15.7 Å². The molecule has 19 heavy (non-hydrogen) atoms. The molecule has 1 N–H and O–H groups in total. The molecular formula is C10H16BrN5O2S. The van der Waals surface area contributed by atoms with E-state index in [4.69, 9.17) is 0 Å². The fraction of sp³-hybridized carbons (Fsp3) is 0.800. The van der Waals surface area contributed by atoms with Crippen molar-refractivity contribution in [1.29, 1.82) is 0 Å². The second-order valence-electron chi connectivity index (χ2n) is 5.07. The highest BCUT2D eigenvalue weighted by Crippen LogP contribution is 2.29. The van der Waals surface area contributed by atoms with Gasteiger partial charge in [-0.1, -0.05) is 5.21 Å². The van der Waals surface area contributed by atoms with Crippen LogP contribution in [0.5, 0.6) is 0 Å². The van der Waals surface area contributed by atoms with Gasteiger partial charge in [-0.15, -0.1) is 5.10 Å². The van der Waals surface area contributed by atoms with Gasteiger partial charge in [0.05, 0.1) is 0 Å². The Morgan fingerprint density at radius 1 is 1.37 bits per heavy atom. The van der Waals surface area contributed by atoms with Crippen LogP contribution < -0.4 is 4.72 Å². The van der Waals surface area contributed by atoms with Crippen LogP contribution in [-0.2, 0) is 17.1 Å². The molecule has 7 nitrogen and oxygen atoms in total. The Hall–Kier alpha value is -0.510. The molecule has 2 fully saturated rings. The van der Waals surface area contributed by atoms with E-state index in [9.17, 15) is 8.42 Å². The fourth-order valence-electron chi connectivity index (χ4n) is 3.08. The molecule has 0 amide bonds. The third-order valence-corrected chi connectivity index (χ3v) is 6.28. The van der Waals surface area contributed by atoms with Crippen molar-refractivity contribution in [3.05, 3.63) is 4.60 Å². The second kappa shape index (κ2) is 4.80. The first-order valence-corrected chi connectivity index (χ1v) is 8.58. The Morgan fingerprint density at radius 2 is 2.16 bits per heavy atom. The van der Waals surface area contributed by atoms with Crippen LogP contribution in [0.2, 0.25) is 0 Å². The van der Waals surface area contributed by atoms with Crippen LogP contribution in [0.3, 0.4) is 0 Å². The van der Waals surface area contributed by atoms with E-state index in [0.29, 0.717) is 6.04 Å². The van der Waals surface area contributed by atoms with Crippen molar-refractivity contribution >= 4 is 26.0 Å². The first-order valence-electron chi connectivity index (χ1n) is 6.30. The molecule has 0 aromatic carbocycles. The minimum absolute atomic E-state index is 0.00528. The smallest absolute Gasteiger partial charge is 0.260 e. The zero-order valence-corrected chi connectivity index (χ0v) is 13.0. The zero-order valence-electron chi connectivity index (χ0n) is 10.6. The lowest BCUT2D eigenvalue weighted by Gasteiger charge is -2.21. The fourth-order valence-corrected chi connectivity index (χ4v) is 5.48. The van der Waals surface area contributed by atoms with Gasteiger partial charge in [0, 0.05) is 25.7 Å². The van der Waals surface area contributed by atoms with Crippen molar-refractivity contribution in [2.24, 2.45) is 7.05 Å². The summed E-state index contributed by atoms with van der Waals surface area (Å²) in [5.41, 5.74) is 0. The largest absolute Gasteiger partial charge is 0.299 e. The number of nitrogens with zero attached hydrogens (tertiary/aromatic N) is 4. The lowest BCUT2D eigenvalue weighted by atomic mass is 10.1. The molecule has 2 aliphatic rings. The Kier molecular flexibility index (Phi) is 3.40. The number of sulfonamides is 1. The number of aryl methyl sites for hydroxylation is 1. The Labute approximate surface area is 120 Å². The molecule has 2 unspecified atom stereocenters. The summed E-state index contributed by atoms with van der Waals surface area (Å²) in [4.78, 5) is 2.36. The third kappa shape index (κ3) is 2.32. The molecule has 1 aromatic rings. The van der Waals surface area contributed by atoms with Gasteiger partial charge in [0.1, 0.15) is 0 Å². The number of aromatic nitrogens is 3. The van der Waals surface area contributed by atoms with Crippen LogP contribution in [0.4, 0.5) is 0 Å². The summed E-state index contributed by atoms with van der Waals surface area (Å²) >= 11 is 3.13. The molecule has 2 saturated heterocycles. The average molecular weight is 350 g/mol. The second-order valence-corrected chi connectivity index (χ2v) is 7.45. The van der Waals surface area contributed by atoms with Gasteiger partial charge < -0.3 is 0 Å². The van der Waals surface area contributed by atoms with Gasteiger partial charge in [0.2, 0.25) is 5.03 Å². The van der Waals surface area contributed by atoms with Crippen LogP contribution in [0.1, 0.15) is 19.3 Å². The topological polar surface area (TPSA) is 80.1 Å². The van der Waals surface area contributed by atoms with Gasteiger partial charge in [0.15, 0.2) is 4.60 Å². The summed E-state index contributed by atoms with van der Waals surface area (Å²) in [6.07, 6.45) is 3.09. The van der Waals surface area contributed by atoms with Crippen LogP contribution in [0.25, 0.3) is 0 Å². The van der Waals surface area contributed by atoms with E-state index >= 15 is 0 Å². The van der Waals surface area contributed by atoms with Crippen LogP contribution in [0, 0.1) is 0 Å². The normalized spacial score (nSPS) is 27.9. The molecule has 0 aliphatic carbocycles. The van der Waals surface area contributed by atoms with Gasteiger partial charge in [0.25, 0.3) is 10.0 Å². The van der Waals surface area contributed by atoms with E-state index in [1.807, 2.05) is 0 Å². The van der Waals surface area contributed by atoms with Crippen molar-refractivity contribution in [3.8, 4) is 0 Å². The molecule has 0 bridgehead atoms. The molecule has 1 aromatic heterocycles. The van der Waals surface area contributed by atoms with Gasteiger partial charge >= 0.3 is 0 Å². The van der Waals surface area contributed by atoms with Crippen molar-refractivity contribution in [1.82, 2.24) is 24.6 Å². The number of hydrogen-bond donors (Lipinski definition) is 1. The monoisotopic (exact) mass is 349 g/mol. The number of hydrogen-bond acceptors (Lipinski definition) is 5. The highest BCUT2D eigenvalue weighted by molar-refractivity contribution is 9.10. The minimum Gasteiger partial charge on any atom is -0.299 e. The van der Waals surface area contributed by atoms with Crippen LogP contribution >= 0.6 is 15.9 Å². The van der Waals surface area contributed by atoms with E-state index in [1.165, 1.54) is 4.68 Å². The predicted molar refractivity (Wildman–Crippen MR) is 72.0 cm³/mol. The lowest BCUT2D eigenvalue weighted by Crippen LogP contribution is -2.42. The summed E-state index contributed by atoms with van der Waals surface area (Å²) in [6.45, 7) is 2.06. The van der Waals surface area contributed by atoms with E-state index in [2.05, 4.69) is 35.9 Å². The van der Waals surface area contributed by atoms with Crippen molar-refractivity contribution in [2.45, 2.75) is 36.4 Å². The quantitative estimate of drug-likeness (QED) is 0.836. The number of nitrogens with one attached hydrogen (secondary N) is 1. The van der Waals surface area contributed by atoms with Crippen molar-refractivity contribution < 1.29 is 8.42 Å². The maximum Gasteiger partial charge on any atom is 0.260 e. The van der Waals surface area contributed by atoms with Crippen LogP contribution in [-0.4, -0.2) is 53.5 Å². The van der Waals surface area contributed by atoms with E-state index < -0.39 is 10.0 Å².